The fourth-order valence-electron chi connectivity index (χ4n) is 8.32. The summed E-state index contributed by atoms with van der Waals surface area (Å²) in [5.41, 5.74) is 7.89. The molecule has 0 nitrogen and oxygen atoms in total. The lowest BCUT2D eigenvalue weighted by molar-refractivity contribution is 0.652. The Labute approximate surface area is 250 Å². The van der Waals surface area contributed by atoms with E-state index in [2.05, 4.69) is 147 Å². The molecule has 0 bridgehead atoms. The van der Waals surface area contributed by atoms with Gasteiger partial charge in [-0.15, -0.1) is 0 Å². The van der Waals surface area contributed by atoms with Crippen LogP contribution in [-0.4, -0.2) is 0 Å². The highest BCUT2D eigenvalue weighted by Gasteiger charge is 2.32. The van der Waals surface area contributed by atoms with Gasteiger partial charge in [0.15, 0.2) is 0 Å². The van der Waals surface area contributed by atoms with Gasteiger partial charge >= 0.3 is 0 Å². The molecule has 43 heavy (non-hydrogen) atoms. The van der Waals surface area contributed by atoms with Crippen LogP contribution in [0.2, 0.25) is 0 Å². The second kappa shape index (κ2) is 8.00. The van der Waals surface area contributed by atoms with E-state index in [1.165, 1.54) is 98.0 Å². The van der Waals surface area contributed by atoms with Crippen LogP contribution in [-0.2, 0) is 5.41 Å². The summed E-state index contributed by atoms with van der Waals surface area (Å²) in [6, 6.07) is 50.4. The van der Waals surface area contributed by atoms with Crippen molar-refractivity contribution in [2.24, 2.45) is 0 Å². The van der Waals surface area contributed by atoms with Gasteiger partial charge in [0.25, 0.3) is 0 Å². The Balaban J connectivity index is 1.24. The van der Waals surface area contributed by atoms with E-state index in [1.54, 1.807) is 0 Å². The van der Waals surface area contributed by atoms with Gasteiger partial charge in [0.2, 0.25) is 0 Å². The number of rotatable bonds is 2. The lowest BCUT2D eigenvalue weighted by atomic mass is 9.69. The molecule has 0 saturated carbocycles. The molecule has 0 radical (unpaired) electrons. The molecular weight excluding hydrogens is 516 g/mol. The molecule has 1 aliphatic carbocycles. The van der Waals surface area contributed by atoms with Crippen molar-refractivity contribution in [2.75, 3.05) is 0 Å². The second-order valence-corrected chi connectivity index (χ2v) is 12.9. The highest BCUT2D eigenvalue weighted by Crippen LogP contribution is 2.50. The van der Waals surface area contributed by atoms with E-state index >= 15 is 0 Å². The second-order valence-electron chi connectivity index (χ2n) is 12.9. The van der Waals surface area contributed by atoms with Crippen LogP contribution in [0.25, 0.3) is 86.9 Å². The molecule has 0 aliphatic heterocycles. The fraction of sp³-hybridized carbons (Fsp3) is 0.0698. The lowest BCUT2D eigenvalue weighted by Crippen LogP contribution is -2.22. The Kier molecular flexibility index (Phi) is 4.35. The zero-order chi connectivity index (χ0) is 28.4. The first-order chi connectivity index (χ1) is 21.1. The molecule has 9 aromatic carbocycles. The first-order valence-corrected chi connectivity index (χ1v) is 15.3. The third kappa shape index (κ3) is 2.96. The van der Waals surface area contributed by atoms with Crippen LogP contribution in [0.5, 0.6) is 0 Å². The summed E-state index contributed by atoms with van der Waals surface area (Å²) in [5, 5.41) is 16.2. The Bertz CT molecular complexity index is 2620. The van der Waals surface area contributed by atoms with Gasteiger partial charge in [-0.05, 0) is 104 Å². The van der Waals surface area contributed by atoms with Gasteiger partial charge in [0, 0.05) is 5.41 Å². The molecule has 1 aliphatic rings. The van der Waals surface area contributed by atoms with Crippen LogP contribution in [0, 0.1) is 0 Å². The van der Waals surface area contributed by atoms with Gasteiger partial charge in [-0.25, -0.2) is 0 Å². The maximum Gasteiger partial charge on any atom is 0.0159 e. The summed E-state index contributed by atoms with van der Waals surface area (Å²) < 4.78 is 0. The molecule has 0 unspecified atom stereocenters. The topological polar surface area (TPSA) is 0 Å². The van der Waals surface area contributed by atoms with Crippen LogP contribution >= 0.6 is 0 Å². The summed E-state index contributed by atoms with van der Waals surface area (Å²) in [7, 11) is 0. The molecule has 0 fully saturated rings. The summed E-state index contributed by atoms with van der Waals surface area (Å²) in [4.78, 5) is 0. The van der Waals surface area contributed by atoms with Crippen molar-refractivity contribution in [2.45, 2.75) is 19.3 Å². The van der Waals surface area contributed by atoms with Gasteiger partial charge in [0.1, 0.15) is 0 Å². The van der Waals surface area contributed by atoms with E-state index in [0.29, 0.717) is 0 Å². The van der Waals surface area contributed by atoms with E-state index in [1.807, 2.05) is 0 Å². The van der Waals surface area contributed by atoms with Gasteiger partial charge in [-0.3, -0.25) is 0 Å². The van der Waals surface area contributed by atoms with Crippen molar-refractivity contribution in [1.29, 1.82) is 0 Å². The molecule has 9 aromatic rings. The van der Waals surface area contributed by atoms with Gasteiger partial charge < -0.3 is 0 Å². The van der Waals surface area contributed by atoms with Crippen molar-refractivity contribution in [3.63, 3.8) is 0 Å². The smallest absolute Gasteiger partial charge is 0.0159 e. The third-order valence-electron chi connectivity index (χ3n) is 10.4. The highest BCUT2D eigenvalue weighted by atomic mass is 14.4. The van der Waals surface area contributed by atoms with Gasteiger partial charge in [-0.2, -0.15) is 0 Å². The Morgan fingerprint density at radius 3 is 1.51 bits per heavy atom. The average Bonchev–Trinajstić information content (AvgIpc) is 3.05. The average molecular weight is 545 g/mol. The highest BCUT2D eigenvalue weighted by molar-refractivity contribution is 6.27. The van der Waals surface area contributed by atoms with Crippen molar-refractivity contribution in [1.82, 2.24) is 0 Å². The van der Waals surface area contributed by atoms with Crippen molar-refractivity contribution >= 4 is 64.6 Å². The molecule has 200 valence electrons. The zero-order valence-corrected chi connectivity index (χ0v) is 24.2. The third-order valence-corrected chi connectivity index (χ3v) is 10.4. The van der Waals surface area contributed by atoms with Crippen molar-refractivity contribution in [3.05, 3.63) is 145 Å². The van der Waals surface area contributed by atoms with Crippen LogP contribution in [0.15, 0.2) is 133 Å². The minimum atomic E-state index is -0.0670. The quantitative estimate of drug-likeness (QED) is 0.190. The standard InChI is InChI=1S/C43H28/c1-43(2)36-11-5-8-27-13-15-29-18-21-35-33(22-23-37(43)42(35)41(29)40(27)36)31-10-4-9-30(24-31)32-19-16-28-14-12-25-6-3-7-26-17-20-34(32)39(28)38(25)26/h3-24H,1-2H3. The first kappa shape index (κ1) is 23.4. The molecule has 0 aromatic heterocycles. The van der Waals surface area contributed by atoms with E-state index in [0.717, 1.165) is 0 Å². The fourth-order valence-corrected chi connectivity index (χ4v) is 8.32. The lowest BCUT2D eigenvalue weighted by Gasteiger charge is -2.34. The SMILES string of the molecule is CC1(C)c2cccc3ccc4ccc5c(-c6cccc(-c7ccc8ccc9cccc%10ccc7c8c9%10)c6)ccc1c5c4c23. The molecule has 0 amide bonds. The van der Waals surface area contributed by atoms with E-state index in [4.69, 9.17) is 0 Å². The summed E-state index contributed by atoms with van der Waals surface area (Å²) >= 11 is 0. The Morgan fingerprint density at radius 2 is 0.814 bits per heavy atom. The molecule has 0 saturated heterocycles. The maximum absolute atomic E-state index is 2.40. The van der Waals surface area contributed by atoms with E-state index < -0.39 is 0 Å². The van der Waals surface area contributed by atoms with Crippen molar-refractivity contribution < 1.29 is 0 Å². The molecule has 0 N–H and O–H groups in total. The number of hydrogen-bond donors (Lipinski definition) is 0. The van der Waals surface area contributed by atoms with Crippen LogP contribution < -0.4 is 0 Å². The van der Waals surface area contributed by atoms with Crippen LogP contribution in [0.3, 0.4) is 0 Å². The van der Waals surface area contributed by atoms with Crippen LogP contribution in [0.1, 0.15) is 25.0 Å². The van der Waals surface area contributed by atoms with Crippen molar-refractivity contribution in [3.8, 4) is 22.3 Å². The summed E-state index contributed by atoms with van der Waals surface area (Å²) in [5.74, 6) is 0. The monoisotopic (exact) mass is 544 g/mol. The largest absolute Gasteiger partial charge is 0.0613 e. The molecule has 0 heteroatoms. The summed E-state index contributed by atoms with van der Waals surface area (Å²) in [6.07, 6.45) is 0. The van der Waals surface area contributed by atoms with Crippen LogP contribution in [0.4, 0.5) is 0 Å². The van der Waals surface area contributed by atoms with Gasteiger partial charge in [0.05, 0.1) is 0 Å². The molecule has 0 spiro atoms. The maximum atomic E-state index is 2.40. The molecule has 0 atom stereocenters. The van der Waals surface area contributed by atoms with E-state index in [-0.39, 0.29) is 5.41 Å². The number of hydrogen-bond acceptors (Lipinski definition) is 0. The summed E-state index contributed by atoms with van der Waals surface area (Å²) in [6.45, 7) is 4.78. The van der Waals surface area contributed by atoms with E-state index in [9.17, 15) is 0 Å². The Hall–Kier alpha value is -5.20. The predicted molar refractivity (Wildman–Crippen MR) is 186 cm³/mol. The minimum Gasteiger partial charge on any atom is -0.0613 e. The normalized spacial score (nSPS) is 14.0. The Morgan fingerprint density at radius 1 is 0.349 bits per heavy atom. The molecular formula is C43H28. The minimum absolute atomic E-state index is 0.0670. The zero-order valence-electron chi connectivity index (χ0n) is 24.2. The molecule has 0 heterocycles. The van der Waals surface area contributed by atoms with Gasteiger partial charge in [-0.1, -0.05) is 141 Å². The first-order valence-electron chi connectivity index (χ1n) is 15.3. The predicted octanol–water partition coefficient (Wildman–Crippen LogP) is 12.0. The molecule has 10 rings (SSSR count). The number of benzene rings is 9.